The van der Waals surface area contributed by atoms with Crippen LogP contribution in [-0.2, 0) is 6.54 Å². The lowest BCUT2D eigenvalue weighted by Crippen LogP contribution is -2.25. The van der Waals surface area contributed by atoms with Crippen LogP contribution in [-0.4, -0.2) is 25.9 Å². The van der Waals surface area contributed by atoms with E-state index in [1.165, 1.54) is 24.5 Å². The predicted molar refractivity (Wildman–Crippen MR) is 106 cm³/mol. The maximum atomic E-state index is 13.2. The van der Waals surface area contributed by atoms with Gasteiger partial charge in [-0.2, -0.15) is 0 Å². The molecule has 0 unspecified atom stereocenters. The van der Waals surface area contributed by atoms with E-state index in [1.54, 1.807) is 35.0 Å². The van der Waals surface area contributed by atoms with Crippen LogP contribution in [0, 0.1) is 5.82 Å². The van der Waals surface area contributed by atoms with E-state index in [1.807, 2.05) is 24.0 Å². The number of rotatable bonds is 5. The summed E-state index contributed by atoms with van der Waals surface area (Å²) in [5.74, 6) is -0.278. The molecular formula is C21H18FN5O. The highest BCUT2D eigenvalue weighted by atomic mass is 19.1. The van der Waals surface area contributed by atoms with E-state index < -0.39 is 0 Å². The molecule has 0 spiro atoms. The Kier molecular flexibility index (Phi) is 4.80. The summed E-state index contributed by atoms with van der Waals surface area (Å²) >= 11 is 0. The summed E-state index contributed by atoms with van der Waals surface area (Å²) in [5.41, 5.74) is 3.34. The Labute approximate surface area is 161 Å². The van der Waals surface area contributed by atoms with Gasteiger partial charge in [0.2, 0.25) is 0 Å². The van der Waals surface area contributed by atoms with Crippen LogP contribution < -0.4 is 10.5 Å². The highest BCUT2D eigenvalue weighted by molar-refractivity contribution is 5.61. The van der Waals surface area contributed by atoms with Crippen molar-refractivity contribution in [3.63, 3.8) is 0 Å². The number of hydrogen-bond donors (Lipinski definition) is 0. The molecule has 0 atom stereocenters. The smallest absolute Gasteiger partial charge is 0.258 e. The Morgan fingerprint density at radius 1 is 1.07 bits per heavy atom. The van der Waals surface area contributed by atoms with Gasteiger partial charge in [-0.1, -0.05) is 6.07 Å². The lowest BCUT2D eigenvalue weighted by atomic mass is 10.2. The maximum Gasteiger partial charge on any atom is 0.258 e. The molecule has 0 radical (unpaired) electrons. The molecule has 7 heteroatoms. The number of pyridine rings is 1. The second-order valence-corrected chi connectivity index (χ2v) is 6.31. The average Bonchev–Trinajstić information content (AvgIpc) is 2.73. The molecule has 140 valence electrons. The molecule has 0 aliphatic heterocycles. The van der Waals surface area contributed by atoms with E-state index in [4.69, 9.17) is 0 Å². The highest BCUT2D eigenvalue weighted by Gasteiger charge is 2.11. The Morgan fingerprint density at radius 2 is 1.82 bits per heavy atom. The van der Waals surface area contributed by atoms with Crippen molar-refractivity contribution in [3.05, 3.63) is 89.1 Å². The molecule has 3 aromatic heterocycles. The predicted octanol–water partition coefficient (Wildman–Crippen LogP) is 3.32. The lowest BCUT2D eigenvalue weighted by Gasteiger charge is -2.23. The van der Waals surface area contributed by atoms with Gasteiger partial charge >= 0.3 is 0 Å². The van der Waals surface area contributed by atoms with Gasteiger partial charge in [-0.15, -0.1) is 0 Å². The molecule has 0 amide bonds. The number of anilines is 1. The largest absolute Gasteiger partial charge is 0.366 e. The van der Waals surface area contributed by atoms with Crippen molar-refractivity contribution in [2.75, 3.05) is 11.4 Å². The van der Waals surface area contributed by atoms with Crippen molar-refractivity contribution in [1.82, 2.24) is 19.4 Å². The van der Waals surface area contributed by atoms with Crippen molar-refractivity contribution in [2.45, 2.75) is 13.5 Å². The third-order valence-corrected chi connectivity index (χ3v) is 4.52. The molecule has 28 heavy (non-hydrogen) atoms. The third-order valence-electron chi connectivity index (χ3n) is 4.52. The molecule has 6 nitrogen and oxygen atoms in total. The van der Waals surface area contributed by atoms with Crippen molar-refractivity contribution in [2.24, 2.45) is 0 Å². The summed E-state index contributed by atoms with van der Waals surface area (Å²) in [6.45, 7) is 3.16. The maximum absolute atomic E-state index is 13.2. The second kappa shape index (κ2) is 7.56. The van der Waals surface area contributed by atoms with Crippen LogP contribution in [0.5, 0.6) is 0 Å². The Balaban J connectivity index is 1.74. The SMILES string of the molecule is CCN(Cc1cc(=O)n2c(-c3cncnc3)cccc2n1)c1ccc(F)cc1. The van der Waals surface area contributed by atoms with Gasteiger partial charge in [0.15, 0.2) is 0 Å². The molecule has 0 saturated carbocycles. The van der Waals surface area contributed by atoms with Gasteiger partial charge < -0.3 is 4.90 Å². The molecule has 4 aromatic rings. The van der Waals surface area contributed by atoms with Crippen molar-refractivity contribution < 1.29 is 4.39 Å². The third kappa shape index (κ3) is 3.46. The van der Waals surface area contributed by atoms with Crippen molar-refractivity contribution in [1.29, 1.82) is 0 Å². The van der Waals surface area contributed by atoms with Crippen molar-refractivity contribution >= 4 is 11.3 Å². The fraction of sp³-hybridized carbons (Fsp3) is 0.143. The van der Waals surface area contributed by atoms with E-state index >= 15 is 0 Å². The Morgan fingerprint density at radius 3 is 2.54 bits per heavy atom. The minimum absolute atomic E-state index is 0.172. The van der Waals surface area contributed by atoms with Crippen LogP contribution in [0.2, 0.25) is 0 Å². The Hall–Kier alpha value is -3.61. The second-order valence-electron chi connectivity index (χ2n) is 6.31. The number of nitrogens with zero attached hydrogens (tertiary/aromatic N) is 5. The minimum atomic E-state index is -0.278. The first kappa shape index (κ1) is 17.8. The number of hydrogen-bond acceptors (Lipinski definition) is 5. The number of halogens is 1. The van der Waals surface area contributed by atoms with Crippen LogP contribution in [0.3, 0.4) is 0 Å². The summed E-state index contributed by atoms with van der Waals surface area (Å²) in [6.07, 6.45) is 4.77. The fourth-order valence-corrected chi connectivity index (χ4v) is 3.17. The van der Waals surface area contributed by atoms with Gasteiger partial charge in [-0.05, 0) is 43.3 Å². The molecule has 0 aliphatic carbocycles. The molecule has 0 fully saturated rings. The van der Waals surface area contributed by atoms with Gasteiger partial charge in [0.1, 0.15) is 17.8 Å². The van der Waals surface area contributed by atoms with Crippen molar-refractivity contribution in [3.8, 4) is 11.3 Å². The van der Waals surface area contributed by atoms with Gasteiger partial charge in [-0.25, -0.2) is 19.3 Å². The lowest BCUT2D eigenvalue weighted by molar-refractivity contribution is 0.627. The van der Waals surface area contributed by atoms with Gasteiger partial charge in [-0.3, -0.25) is 9.20 Å². The zero-order chi connectivity index (χ0) is 19.5. The van der Waals surface area contributed by atoms with E-state index in [0.717, 1.165) is 11.3 Å². The quantitative estimate of drug-likeness (QED) is 0.535. The molecule has 0 aliphatic rings. The molecule has 0 bridgehead atoms. The summed E-state index contributed by atoms with van der Waals surface area (Å²) in [7, 11) is 0. The molecule has 1 aromatic carbocycles. The first-order valence-corrected chi connectivity index (χ1v) is 8.93. The zero-order valence-electron chi connectivity index (χ0n) is 15.3. The van der Waals surface area contributed by atoms with Gasteiger partial charge in [0.25, 0.3) is 5.56 Å². The number of aromatic nitrogens is 4. The summed E-state index contributed by atoms with van der Waals surface area (Å²) in [5, 5.41) is 0. The van der Waals surface area contributed by atoms with Crippen LogP contribution in [0.4, 0.5) is 10.1 Å². The first-order valence-electron chi connectivity index (χ1n) is 8.93. The zero-order valence-corrected chi connectivity index (χ0v) is 15.3. The van der Waals surface area contributed by atoms with Gasteiger partial charge in [0.05, 0.1) is 17.9 Å². The normalized spacial score (nSPS) is 10.9. The van der Waals surface area contributed by atoms with Crippen LogP contribution >= 0.6 is 0 Å². The van der Waals surface area contributed by atoms with E-state index in [2.05, 4.69) is 15.0 Å². The standard InChI is InChI=1S/C21H18FN5O/c1-2-26(18-8-6-16(22)7-9-18)13-17-10-21(28)27-19(4-3-5-20(27)25-17)15-11-23-14-24-12-15/h3-12,14H,2,13H2,1H3. The van der Waals surface area contributed by atoms with Crippen LogP contribution in [0.15, 0.2) is 72.0 Å². The number of benzene rings is 1. The Bertz CT molecular complexity index is 1160. The van der Waals surface area contributed by atoms with E-state index in [0.29, 0.717) is 30.1 Å². The summed E-state index contributed by atoms with van der Waals surface area (Å²) < 4.78 is 14.8. The molecule has 3 heterocycles. The minimum Gasteiger partial charge on any atom is -0.366 e. The van der Waals surface area contributed by atoms with E-state index in [-0.39, 0.29) is 11.4 Å². The molecule has 0 N–H and O–H groups in total. The van der Waals surface area contributed by atoms with Crippen LogP contribution in [0.25, 0.3) is 16.9 Å². The van der Waals surface area contributed by atoms with Crippen LogP contribution in [0.1, 0.15) is 12.6 Å². The van der Waals surface area contributed by atoms with E-state index in [9.17, 15) is 9.18 Å². The molecular weight excluding hydrogens is 357 g/mol. The topological polar surface area (TPSA) is 63.4 Å². The molecule has 0 saturated heterocycles. The number of fused-ring (bicyclic) bond motifs is 1. The highest BCUT2D eigenvalue weighted by Crippen LogP contribution is 2.19. The first-order chi connectivity index (χ1) is 13.7. The summed E-state index contributed by atoms with van der Waals surface area (Å²) in [4.78, 5) is 27.6. The monoisotopic (exact) mass is 375 g/mol. The summed E-state index contributed by atoms with van der Waals surface area (Å²) in [6, 6.07) is 13.3. The fourth-order valence-electron chi connectivity index (χ4n) is 3.17. The average molecular weight is 375 g/mol. The van der Waals surface area contributed by atoms with Gasteiger partial charge in [0, 0.05) is 36.3 Å². The molecule has 4 rings (SSSR count).